The first-order chi connectivity index (χ1) is 7.90. The number of benzene rings is 1. The van der Waals surface area contributed by atoms with Crippen LogP contribution in [0.4, 0.5) is 22.0 Å². The minimum Gasteiger partial charge on any atom is -0.395 e. The standard InChI is InChI=1S/C10H10F5NO/c1-4(3-17)16-2-5-6(11)8(13)10(15)9(14)7(5)12/h4,16-17H,2-3H2,1H3. The van der Waals surface area contributed by atoms with Gasteiger partial charge < -0.3 is 10.4 Å². The summed E-state index contributed by atoms with van der Waals surface area (Å²) in [5, 5.41) is 11.1. The molecule has 96 valence electrons. The Morgan fingerprint density at radius 3 is 1.76 bits per heavy atom. The number of aliphatic hydroxyl groups is 1. The maximum absolute atomic E-state index is 13.1. The van der Waals surface area contributed by atoms with Crippen molar-refractivity contribution in [3.8, 4) is 0 Å². The molecule has 1 aromatic carbocycles. The van der Waals surface area contributed by atoms with Gasteiger partial charge in [0.1, 0.15) is 0 Å². The summed E-state index contributed by atoms with van der Waals surface area (Å²) in [5.74, 6) is -9.85. The van der Waals surface area contributed by atoms with Crippen LogP contribution in [0.5, 0.6) is 0 Å². The molecule has 1 rings (SSSR count). The minimum absolute atomic E-state index is 0.324. The molecule has 0 spiro atoms. The van der Waals surface area contributed by atoms with Crippen LogP contribution in [0.15, 0.2) is 0 Å². The lowest BCUT2D eigenvalue weighted by Crippen LogP contribution is -2.30. The van der Waals surface area contributed by atoms with Crippen molar-refractivity contribution in [1.82, 2.24) is 5.32 Å². The Kier molecular flexibility index (Phi) is 4.41. The molecule has 0 fully saturated rings. The molecule has 0 saturated carbocycles. The quantitative estimate of drug-likeness (QED) is 0.489. The molecule has 0 aromatic heterocycles. The molecule has 2 nitrogen and oxygen atoms in total. The molecule has 0 aliphatic rings. The number of rotatable bonds is 4. The topological polar surface area (TPSA) is 32.3 Å². The molecule has 17 heavy (non-hydrogen) atoms. The van der Waals surface area contributed by atoms with Gasteiger partial charge in [-0.05, 0) is 6.92 Å². The van der Waals surface area contributed by atoms with Crippen LogP contribution in [0.25, 0.3) is 0 Å². The predicted octanol–water partition coefficient (Wildman–Crippen LogP) is 1.85. The average molecular weight is 255 g/mol. The van der Waals surface area contributed by atoms with E-state index in [-0.39, 0.29) is 6.61 Å². The van der Waals surface area contributed by atoms with E-state index in [1.165, 1.54) is 6.92 Å². The number of hydrogen-bond donors (Lipinski definition) is 2. The van der Waals surface area contributed by atoms with Gasteiger partial charge >= 0.3 is 0 Å². The summed E-state index contributed by atoms with van der Waals surface area (Å²) in [6.45, 7) is 0.606. The Hall–Kier alpha value is -1.21. The molecule has 0 aliphatic heterocycles. The highest BCUT2D eigenvalue weighted by Crippen LogP contribution is 2.22. The largest absolute Gasteiger partial charge is 0.395 e. The maximum atomic E-state index is 13.1. The lowest BCUT2D eigenvalue weighted by Gasteiger charge is -2.12. The van der Waals surface area contributed by atoms with E-state index in [2.05, 4.69) is 5.32 Å². The molecule has 0 saturated heterocycles. The second kappa shape index (κ2) is 5.42. The Bertz CT molecular complexity index is 395. The molecule has 0 radical (unpaired) electrons. The molecule has 7 heteroatoms. The molecular formula is C10H10F5NO. The zero-order valence-corrected chi connectivity index (χ0v) is 8.83. The van der Waals surface area contributed by atoms with Gasteiger partial charge in [-0.2, -0.15) is 0 Å². The first-order valence-corrected chi connectivity index (χ1v) is 4.74. The second-order valence-electron chi connectivity index (χ2n) is 3.51. The highest BCUT2D eigenvalue weighted by atomic mass is 19.2. The van der Waals surface area contributed by atoms with Gasteiger partial charge in [-0.1, -0.05) is 0 Å². The zero-order chi connectivity index (χ0) is 13.2. The molecule has 1 unspecified atom stereocenters. The minimum atomic E-state index is -2.18. The highest BCUT2D eigenvalue weighted by Gasteiger charge is 2.25. The first kappa shape index (κ1) is 13.9. The Morgan fingerprint density at radius 1 is 0.941 bits per heavy atom. The fraction of sp³-hybridized carbons (Fsp3) is 0.400. The average Bonchev–Trinajstić information content (AvgIpc) is 2.33. The van der Waals surface area contributed by atoms with Crippen molar-refractivity contribution in [2.75, 3.05) is 6.61 Å². The third-order valence-corrected chi connectivity index (χ3v) is 2.20. The molecule has 1 aromatic rings. The summed E-state index contributed by atoms with van der Waals surface area (Å²) >= 11 is 0. The van der Waals surface area contributed by atoms with Gasteiger partial charge in [0.05, 0.1) is 6.61 Å². The lowest BCUT2D eigenvalue weighted by molar-refractivity contribution is 0.249. The van der Waals surface area contributed by atoms with Crippen LogP contribution in [0.3, 0.4) is 0 Å². The van der Waals surface area contributed by atoms with Crippen molar-refractivity contribution in [3.63, 3.8) is 0 Å². The van der Waals surface area contributed by atoms with Gasteiger partial charge in [0.15, 0.2) is 23.3 Å². The number of aliphatic hydroxyl groups excluding tert-OH is 1. The summed E-state index contributed by atoms with van der Waals surface area (Å²) in [5.41, 5.74) is -0.943. The maximum Gasteiger partial charge on any atom is 0.200 e. The molecule has 0 aliphatic carbocycles. The van der Waals surface area contributed by atoms with Gasteiger partial charge in [-0.3, -0.25) is 0 Å². The van der Waals surface area contributed by atoms with E-state index in [0.717, 1.165) is 0 Å². The summed E-state index contributed by atoms with van der Waals surface area (Å²) in [6.07, 6.45) is 0. The van der Waals surface area contributed by atoms with Gasteiger partial charge in [0.2, 0.25) is 5.82 Å². The highest BCUT2D eigenvalue weighted by molar-refractivity contribution is 5.24. The van der Waals surface area contributed by atoms with Crippen LogP contribution < -0.4 is 5.32 Å². The van der Waals surface area contributed by atoms with E-state index in [1.807, 2.05) is 0 Å². The van der Waals surface area contributed by atoms with E-state index in [0.29, 0.717) is 0 Å². The predicted molar refractivity (Wildman–Crippen MR) is 49.6 cm³/mol. The van der Waals surface area contributed by atoms with Gasteiger partial charge in [-0.15, -0.1) is 0 Å². The normalized spacial score (nSPS) is 12.9. The molecule has 0 bridgehead atoms. The Labute approximate surface area is 94.1 Å². The van der Waals surface area contributed by atoms with E-state index in [9.17, 15) is 22.0 Å². The van der Waals surface area contributed by atoms with Gasteiger partial charge in [0, 0.05) is 18.2 Å². The van der Waals surface area contributed by atoms with Crippen LogP contribution in [-0.4, -0.2) is 17.8 Å². The SMILES string of the molecule is CC(CO)NCc1c(F)c(F)c(F)c(F)c1F. The van der Waals surface area contributed by atoms with Crippen LogP contribution in [0.2, 0.25) is 0 Å². The van der Waals surface area contributed by atoms with Crippen LogP contribution >= 0.6 is 0 Å². The summed E-state index contributed by atoms with van der Waals surface area (Å²) in [7, 11) is 0. The summed E-state index contributed by atoms with van der Waals surface area (Å²) in [4.78, 5) is 0. The lowest BCUT2D eigenvalue weighted by atomic mass is 10.1. The molecule has 2 N–H and O–H groups in total. The molecular weight excluding hydrogens is 245 g/mol. The Morgan fingerprint density at radius 2 is 1.35 bits per heavy atom. The number of halogens is 5. The van der Waals surface area contributed by atoms with Gasteiger partial charge in [0.25, 0.3) is 0 Å². The van der Waals surface area contributed by atoms with Crippen LogP contribution in [0, 0.1) is 29.1 Å². The fourth-order valence-electron chi connectivity index (χ4n) is 1.15. The van der Waals surface area contributed by atoms with Crippen molar-refractivity contribution >= 4 is 0 Å². The van der Waals surface area contributed by atoms with Crippen molar-refractivity contribution in [2.45, 2.75) is 19.5 Å². The van der Waals surface area contributed by atoms with Crippen LogP contribution in [0.1, 0.15) is 12.5 Å². The Balaban J connectivity index is 3.07. The monoisotopic (exact) mass is 255 g/mol. The summed E-state index contributed by atoms with van der Waals surface area (Å²) in [6, 6.07) is -0.523. The molecule has 0 heterocycles. The van der Waals surface area contributed by atoms with Crippen molar-refractivity contribution in [2.24, 2.45) is 0 Å². The van der Waals surface area contributed by atoms with E-state index in [4.69, 9.17) is 5.11 Å². The van der Waals surface area contributed by atoms with Crippen LogP contribution in [-0.2, 0) is 6.54 Å². The molecule has 0 amide bonds. The second-order valence-corrected chi connectivity index (χ2v) is 3.51. The van der Waals surface area contributed by atoms with Crippen molar-refractivity contribution in [3.05, 3.63) is 34.6 Å². The molecule has 1 atom stereocenters. The zero-order valence-electron chi connectivity index (χ0n) is 8.83. The smallest absolute Gasteiger partial charge is 0.200 e. The fourth-order valence-corrected chi connectivity index (χ4v) is 1.15. The third-order valence-electron chi connectivity index (χ3n) is 2.20. The first-order valence-electron chi connectivity index (χ1n) is 4.74. The summed E-state index contributed by atoms with van der Waals surface area (Å²) < 4.78 is 64.5. The third kappa shape index (κ3) is 2.73. The number of hydrogen-bond acceptors (Lipinski definition) is 2. The van der Waals surface area contributed by atoms with E-state index < -0.39 is 47.2 Å². The number of nitrogens with one attached hydrogen (secondary N) is 1. The van der Waals surface area contributed by atoms with E-state index >= 15 is 0 Å². The van der Waals surface area contributed by atoms with Crippen molar-refractivity contribution in [1.29, 1.82) is 0 Å². The van der Waals surface area contributed by atoms with E-state index in [1.54, 1.807) is 0 Å². The van der Waals surface area contributed by atoms with Gasteiger partial charge in [-0.25, -0.2) is 22.0 Å². The van der Waals surface area contributed by atoms with Crippen molar-refractivity contribution < 1.29 is 27.1 Å².